The first kappa shape index (κ1) is 22.9. The highest BCUT2D eigenvalue weighted by molar-refractivity contribution is 7.90. The average Bonchev–Trinajstić information content (AvgIpc) is 3.35. The molecule has 180 valence electrons. The molecule has 3 aliphatic rings. The van der Waals surface area contributed by atoms with Crippen LogP contribution in [0.4, 0.5) is 5.82 Å². The van der Waals surface area contributed by atoms with Gasteiger partial charge in [-0.1, -0.05) is 6.07 Å². The molecular weight excluding hydrogens is 456 g/mol. The molecule has 4 heterocycles. The Bertz CT molecular complexity index is 1250. The monoisotopic (exact) mass is 484 g/mol. The zero-order valence-corrected chi connectivity index (χ0v) is 20.2. The van der Waals surface area contributed by atoms with E-state index in [1.165, 1.54) is 18.0 Å². The summed E-state index contributed by atoms with van der Waals surface area (Å²) in [6.07, 6.45) is 6.93. The molecule has 1 spiro atoms. The number of ether oxygens (including phenoxy) is 1. The van der Waals surface area contributed by atoms with Crippen LogP contribution in [0.2, 0.25) is 0 Å². The molecule has 0 bridgehead atoms. The van der Waals surface area contributed by atoms with E-state index in [9.17, 15) is 18.0 Å². The van der Waals surface area contributed by atoms with E-state index >= 15 is 0 Å². The maximum atomic E-state index is 13.3. The number of hydrogen-bond donors (Lipinski definition) is 0. The van der Waals surface area contributed by atoms with Crippen molar-refractivity contribution in [2.75, 3.05) is 37.3 Å². The molecule has 0 aliphatic carbocycles. The van der Waals surface area contributed by atoms with Gasteiger partial charge in [-0.25, -0.2) is 23.2 Å². The number of carbonyl (C=O) groups excluding carboxylic acids is 2. The number of sulfone groups is 1. The largest absolute Gasteiger partial charge is 0.457 e. The van der Waals surface area contributed by atoms with E-state index in [1.54, 1.807) is 4.90 Å². The van der Waals surface area contributed by atoms with Crippen molar-refractivity contribution in [2.24, 2.45) is 5.41 Å². The lowest BCUT2D eigenvalue weighted by molar-refractivity contribution is -0.128. The van der Waals surface area contributed by atoms with Gasteiger partial charge in [-0.05, 0) is 62.9 Å². The number of piperidine rings is 1. The lowest BCUT2D eigenvalue weighted by Gasteiger charge is -2.38. The van der Waals surface area contributed by atoms with E-state index in [1.807, 2.05) is 12.1 Å². The molecule has 2 saturated heterocycles. The van der Waals surface area contributed by atoms with Crippen molar-refractivity contribution in [1.29, 1.82) is 0 Å². The molecule has 0 unspecified atom stereocenters. The Balaban J connectivity index is 1.19. The van der Waals surface area contributed by atoms with Crippen molar-refractivity contribution < 1.29 is 22.7 Å². The maximum Gasteiger partial charge on any atom is 0.338 e. The maximum absolute atomic E-state index is 13.3. The van der Waals surface area contributed by atoms with E-state index in [0.717, 1.165) is 62.7 Å². The van der Waals surface area contributed by atoms with Crippen LogP contribution in [0.1, 0.15) is 46.3 Å². The lowest BCUT2D eigenvalue weighted by Crippen LogP contribution is -2.45. The summed E-state index contributed by atoms with van der Waals surface area (Å²) in [5, 5.41) is -0.0938. The topological polar surface area (TPSA) is 110 Å². The van der Waals surface area contributed by atoms with Crippen molar-refractivity contribution in [3.05, 3.63) is 46.8 Å². The van der Waals surface area contributed by atoms with Crippen molar-refractivity contribution in [3.8, 4) is 0 Å². The number of benzene rings is 1. The van der Waals surface area contributed by atoms with E-state index < -0.39 is 9.84 Å². The molecule has 2 aromatic rings. The number of hydrogen-bond acceptors (Lipinski definition) is 8. The van der Waals surface area contributed by atoms with Crippen LogP contribution in [-0.4, -0.2) is 67.6 Å². The second kappa shape index (κ2) is 8.42. The number of likely N-dealkylation sites (tertiary alicyclic amines) is 1. The summed E-state index contributed by atoms with van der Waals surface area (Å²) < 4.78 is 28.4. The number of esters is 1. The van der Waals surface area contributed by atoms with Crippen molar-refractivity contribution in [3.63, 3.8) is 0 Å². The third kappa shape index (κ3) is 3.98. The van der Waals surface area contributed by atoms with Gasteiger partial charge in [0.05, 0.1) is 23.4 Å². The summed E-state index contributed by atoms with van der Waals surface area (Å²) in [5.74, 6) is 0.234. The number of fused-ring (bicyclic) bond motifs is 1. The molecule has 0 atom stereocenters. The fourth-order valence-corrected chi connectivity index (χ4v) is 5.78. The van der Waals surface area contributed by atoms with Gasteiger partial charge in [-0.3, -0.25) is 9.69 Å². The van der Waals surface area contributed by atoms with Crippen molar-refractivity contribution in [2.45, 2.75) is 44.2 Å². The number of rotatable bonds is 5. The Morgan fingerprint density at radius 3 is 2.47 bits per heavy atom. The number of nitrogens with zero attached hydrogens (tertiary/aromatic N) is 4. The van der Waals surface area contributed by atoms with Crippen LogP contribution >= 0.6 is 0 Å². The molecule has 5 rings (SSSR count). The Labute approximate surface area is 199 Å². The first-order valence-corrected chi connectivity index (χ1v) is 13.4. The van der Waals surface area contributed by atoms with Crippen LogP contribution in [0.25, 0.3) is 0 Å². The predicted molar refractivity (Wildman–Crippen MR) is 124 cm³/mol. The predicted octanol–water partition coefficient (Wildman–Crippen LogP) is 1.92. The Morgan fingerprint density at radius 2 is 1.79 bits per heavy atom. The van der Waals surface area contributed by atoms with Gasteiger partial charge in [0.1, 0.15) is 6.61 Å². The van der Waals surface area contributed by atoms with Crippen LogP contribution in [0.5, 0.6) is 0 Å². The van der Waals surface area contributed by atoms with E-state index in [-0.39, 0.29) is 22.3 Å². The molecule has 9 nitrogen and oxygen atoms in total. The summed E-state index contributed by atoms with van der Waals surface area (Å²) in [4.78, 5) is 37.3. The minimum atomic E-state index is -3.43. The second-order valence-corrected chi connectivity index (χ2v) is 11.5. The fraction of sp³-hybridized carbons (Fsp3) is 0.500. The van der Waals surface area contributed by atoms with E-state index in [4.69, 9.17) is 4.74 Å². The Kier molecular flexibility index (Phi) is 5.68. The van der Waals surface area contributed by atoms with Gasteiger partial charge >= 0.3 is 5.97 Å². The summed E-state index contributed by atoms with van der Waals surface area (Å²) in [5.41, 5.74) is 3.68. The third-order valence-electron chi connectivity index (χ3n) is 7.57. The molecule has 1 aromatic carbocycles. The molecule has 3 aliphatic heterocycles. The van der Waals surface area contributed by atoms with Gasteiger partial charge in [0.25, 0.3) is 0 Å². The summed E-state index contributed by atoms with van der Waals surface area (Å²) in [6.45, 7) is 5.59. The van der Waals surface area contributed by atoms with Crippen molar-refractivity contribution in [1.82, 2.24) is 14.9 Å². The van der Waals surface area contributed by atoms with Crippen LogP contribution in [-0.2, 0) is 32.4 Å². The quantitative estimate of drug-likeness (QED) is 0.592. The van der Waals surface area contributed by atoms with Gasteiger partial charge in [0, 0.05) is 24.9 Å². The molecule has 2 fully saturated rings. The second-order valence-electron chi connectivity index (χ2n) is 9.52. The molecule has 1 aromatic heterocycles. The van der Waals surface area contributed by atoms with E-state index in [0.29, 0.717) is 24.5 Å². The van der Waals surface area contributed by atoms with Gasteiger partial charge in [-0.15, -0.1) is 0 Å². The normalized spacial score (nSPS) is 20.1. The number of aromatic nitrogens is 2. The number of amides is 1. The van der Waals surface area contributed by atoms with Crippen LogP contribution in [0.3, 0.4) is 0 Å². The first-order chi connectivity index (χ1) is 16.2. The molecule has 34 heavy (non-hydrogen) atoms. The minimum absolute atomic E-state index is 0.0627. The fourth-order valence-electron chi connectivity index (χ4n) is 5.30. The van der Waals surface area contributed by atoms with Crippen LogP contribution in [0.15, 0.2) is 29.6 Å². The molecule has 0 saturated carbocycles. The van der Waals surface area contributed by atoms with Crippen LogP contribution < -0.4 is 4.90 Å². The van der Waals surface area contributed by atoms with Crippen LogP contribution in [0, 0.1) is 12.3 Å². The smallest absolute Gasteiger partial charge is 0.338 e. The van der Waals surface area contributed by atoms with Gasteiger partial charge in [-0.2, -0.15) is 0 Å². The summed E-state index contributed by atoms with van der Waals surface area (Å²) in [6, 6.07) is 3.90. The highest BCUT2D eigenvalue weighted by Gasteiger charge is 2.48. The molecule has 0 radical (unpaired) electrons. The lowest BCUT2D eigenvalue weighted by atomic mass is 9.77. The van der Waals surface area contributed by atoms with E-state index in [2.05, 4.69) is 21.8 Å². The minimum Gasteiger partial charge on any atom is -0.457 e. The average molecular weight is 485 g/mol. The zero-order valence-electron chi connectivity index (χ0n) is 19.4. The van der Waals surface area contributed by atoms with Gasteiger partial charge < -0.3 is 9.64 Å². The highest BCUT2D eigenvalue weighted by Crippen LogP contribution is 2.42. The molecule has 0 N–H and O–H groups in total. The number of cyclic esters (lactones) is 1. The Hall–Kier alpha value is -2.85. The SMILES string of the molecule is Cc1c(CCN2CCC3(CC2)CCN(c2cnc(S(C)(=O)=O)cn2)C3=O)ccc2c1COC2=O. The zero-order chi connectivity index (χ0) is 24.1. The van der Waals surface area contributed by atoms with Gasteiger partial charge in [0.2, 0.25) is 5.91 Å². The highest BCUT2D eigenvalue weighted by atomic mass is 32.2. The third-order valence-corrected chi connectivity index (χ3v) is 8.54. The molecule has 1 amide bonds. The summed E-state index contributed by atoms with van der Waals surface area (Å²) >= 11 is 0. The number of carbonyl (C=O) groups is 2. The number of anilines is 1. The standard InChI is InChI=1S/C24H28N4O5S/c1-16-17(3-4-18-19(16)15-33-22(18)29)5-9-27-10-6-24(7-11-27)8-12-28(23(24)30)20-13-26-21(14-25-20)34(2,31)32/h3-4,13-14H,5-12,15H2,1-2H3. The summed E-state index contributed by atoms with van der Waals surface area (Å²) in [7, 11) is -3.43. The van der Waals surface area contributed by atoms with Crippen molar-refractivity contribution >= 4 is 27.5 Å². The van der Waals surface area contributed by atoms with Gasteiger partial charge in [0.15, 0.2) is 20.7 Å². The first-order valence-electron chi connectivity index (χ1n) is 11.5. The Morgan fingerprint density at radius 1 is 1.06 bits per heavy atom. The molecule has 10 heteroatoms. The molecular formula is C24H28N4O5S.